The van der Waals surface area contributed by atoms with Gasteiger partial charge in [0.1, 0.15) is 5.82 Å². The second kappa shape index (κ2) is 7.74. The van der Waals surface area contributed by atoms with Crippen LogP contribution in [0.4, 0.5) is 23.2 Å². The van der Waals surface area contributed by atoms with Crippen LogP contribution in [0.5, 0.6) is 0 Å². The molecule has 2 aromatic rings. The SMILES string of the molecule is CCOC(=O)c1ccc(NC(=O)c2cc(C(F)(F)F)ccc2F)c(Cl)c1. The first-order valence-corrected chi connectivity index (χ1v) is 7.66. The highest BCUT2D eigenvalue weighted by Gasteiger charge is 2.32. The number of hydrogen-bond donors (Lipinski definition) is 1. The first kappa shape index (κ1) is 19.7. The smallest absolute Gasteiger partial charge is 0.416 e. The molecule has 0 spiro atoms. The molecule has 0 aliphatic rings. The van der Waals surface area contributed by atoms with Gasteiger partial charge in [0.25, 0.3) is 5.91 Å². The van der Waals surface area contributed by atoms with Gasteiger partial charge in [-0.3, -0.25) is 4.79 Å². The first-order valence-electron chi connectivity index (χ1n) is 7.28. The maximum atomic E-state index is 13.7. The molecule has 0 unspecified atom stereocenters. The lowest BCUT2D eigenvalue weighted by Gasteiger charge is -2.11. The van der Waals surface area contributed by atoms with E-state index in [1.165, 1.54) is 18.2 Å². The summed E-state index contributed by atoms with van der Waals surface area (Å²) in [7, 11) is 0. The van der Waals surface area contributed by atoms with E-state index >= 15 is 0 Å². The number of esters is 1. The number of carbonyl (C=O) groups is 2. The Morgan fingerprint density at radius 1 is 1.15 bits per heavy atom. The molecule has 0 aromatic heterocycles. The topological polar surface area (TPSA) is 55.4 Å². The molecule has 4 nitrogen and oxygen atoms in total. The van der Waals surface area contributed by atoms with Crippen LogP contribution in [0.1, 0.15) is 33.2 Å². The minimum atomic E-state index is -4.72. The summed E-state index contributed by atoms with van der Waals surface area (Å²) >= 11 is 5.95. The van der Waals surface area contributed by atoms with E-state index in [1.54, 1.807) is 6.92 Å². The van der Waals surface area contributed by atoms with Crippen LogP contribution in [0.2, 0.25) is 5.02 Å². The predicted octanol–water partition coefficient (Wildman–Crippen LogP) is 4.93. The highest BCUT2D eigenvalue weighted by Crippen LogP contribution is 2.31. The molecule has 26 heavy (non-hydrogen) atoms. The Hall–Kier alpha value is -2.61. The van der Waals surface area contributed by atoms with Gasteiger partial charge in [0, 0.05) is 0 Å². The molecule has 0 heterocycles. The molecule has 0 saturated heterocycles. The van der Waals surface area contributed by atoms with Gasteiger partial charge in [0.2, 0.25) is 0 Å². The Labute approximate surface area is 150 Å². The molecule has 2 rings (SSSR count). The van der Waals surface area contributed by atoms with Gasteiger partial charge >= 0.3 is 12.1 Å². The number of nitrogens with one attached hydrogen (secondary N) is 1. The molecule has 138 valence electrons. The van der Waals surface area contributed by atoms with Crippen LogP contribution < -0.4 is 5.32 Å². The lowest BCUT2D eigenvalue weighted by Crippen LogP contribution is -2.16. The number of halogens is 5. The number of rotatable bonds is 4. The number of hydrogen-bond acceptors (Lipinski definition) is 3. The van der Waals surface area contributed by atoms with Crippen LogP contribution in [-0.4, -0.2) is 18.5 Å². The Balaban J connectivity index is 2.26. The molecule has 0 aliphatic heterocycles. The van der Waals surface area contributed by atoms with Gasteiger partial charge in [0.05, 0.1) is 34.0 Å². The van der Waals surface area contributed by atoms with Crippen LogP contribution >= 0.6 is 11.6 Å². The second-order valence-corrected chi connectivity index (χ2v) is 5.47. The molecule has 2 aromatic carbocycles. The van der Waals surface area contributed by atoms with Gasteiger partial charge in [-0.25, -0.2) is 9.18 Å². The zero-order valence-corrected chi connectivity index (χ0v) is 14.0. The van der Waals surface area contributed by atoms with E-state index in [9.17, 15) is 27.2 Å². The van der Waals surface area contributed by atoms with Crippen molar-refractivity contribution in [3.63, 3.8) is 0 Å². The van der Waals surface area contributed by atoms with E-state index in [0.29, 0.717) is 18.2 Å². The standard InChI is InChI=1S/C17H12ClF4NO3/c1-2-26-16(25)9-3-6-14(12(18)7-9)23-15(24)11-8-10(17(20,21)22)4-5-13(11)19/h3-8H,2H2,1H3,(H,23,24). The zero-order chi connectivity index (χ0) is 19.5. The molecule has 9 heteroatoms. The third kappa shape index (κ3) is 4.51. The third-order valence-corrected chi connectivity index (χ3v) is 3.58. The van der Waals surface area contributed by atoms with Crippen molar-refractivity contribution in [3.05, 3.63) is 63.9 Å². The fourth-order valence-corrected chi connectivity index (χ4v) is 2.25. The van der Waals surface area contributed by atoms with Crippen LogP contribution in [-0.2, 0) is 10.9 Å². The summed E-state index contributed by atoms with van der Waals surface area (Å²) in [5.41, 5.74) is -1.82. The van der Waals surface area contributed by atoms with Gasteiger partial charge in [-0.1, -0.05) is 11.6 Å². The van der Waals surface area contributed by atoms with E-state index < -0.39 is 35.0 Å². The summed E-state index contributed by atoms with van der Waals surface area (Å²) < 4.78 is 56.7. The summed E-state index contributed by atoms with van der Waals surface area (Å²) in [5, 5.41) is 2.15. The zero-order valence-electron chi connectivity index (χ0n) is 13.3. The molecule has 0 aliphatic carbocycles. The van der Waals surface area contributed by atoms with Crippen molar-refractivity contribution in [2.75, 3.05) is 11.9 Å². The van der Waals surface area contributed by atoms with Gasteiger partial charge in [-0.05, 0) is 43.3 Å². The van der Waals surface area contributed by atoms with Crippen molar-refractivity contribution in [1.29, 1.82) is 0 Å². The normalized spacial score (nSPS) is 11.2. The molecule has 0 bridgehead atoms. The molecule has 0 saturated carbocycles. The molecule has 0 radical (unpaired) electrons. The van der Waals surface area contributed by atoms with E-state index in [1.807, 2.05) is 0 Å². The van der Waals surface area contributed by atoms with E-state index in [4.69, 9.17) is 16.3 Å². The third-order valence-electron chi connectivity index (χ3n) is 3.27. The first-order chi connectivity index (χ1) is 12.1. The van der Waals surface area contributed by atoms with Crippen LogP contribution in [0.25, 0.3) is 0 Å². The van der Waals surface area contributed by atoms with Crippen molar-refractivity contribution >= 4 is 29.2 Å². The lowest BCUT2D eigenvalue weighted by molar-refractivity contribution is -0.137. The predicted molar refractivity (Wildman–Crippen MR) is 86.8 cm³/mol. The molecule has 0 atom stereocenters. The van der Waals surface area contributed by atoms with Gasteiger partial charge in [-0.15, -0.1) is 0 Å². The minimum Gasteiger partial charge on any atom is -0.462 e. The summed E-state index contributed by atoms with van der Waals surface area (Å²) in [4.78, 5) is 23.7. The quantitative estimate of drug-likeness (QED) is 0.596. The summed E-state index contributed by atoms with van der Waals surface area (Å²) in [5.74, 6) is -2.86. The maximum Gasteiger partial charge on any atom is 0.416 e. The fourth-order valence-electron chi connectivity index (χ4n) is 2.02. The van der Waals surface area contributed by atoms with Gasteiger partial charge < -0.3 is 10.1 Å². The number of amides is 1. The van der Waals surface area contributed by atoms with E-state index in [-0.39, 0.29) is 22.9 Å². The molecular formula is C17H12ClF4NO3. The highest BCUT2D eigenvalue weighted by molar-refractivity contribution is 6.34. The minimum absolute atomic E-state index is 0.00141. The average molecular weight is 390 g/mol. The number of carbonyl (C=O) groups excluding carboxylic acids is 2. The Kier molecular flexibility index (Phi) is 5.86. The van der Waals surface area contributed by atoms with Gasteiger partial charge in [-0.2, -0.15) is 13.2 Å². The fraction of sp³-hybridized carbons (Fsp3) is 0.176. The van der Waals surface area contributed by atoms with Crippen LogP contribution in [0, 0.1) is 5.82 Å². The highest BCUT2D eigenvalue weighted by atomic mass is 35.5. The number of alkyl halides is 3. The van der Waals surface area contributed by atoms with E-state index in [2.05, 4.69) is 5.32 Å². The van der Waals surface area contributed by atoms with E-state index in [0.717, 1.165) is 0 Å². The molecule has 1 amide bonds. The maximum absolute atomic E-state index is 13.7. The Morgan fingerprint density at radius 3 is 2.42 bits per heavy atom. The number of benzene rings is 2. The summed E-state index contributed by atoms with van der Waals surface area (Å²) in [6.07, 6.45) is -4.72. The molecule has 0 fully saturated rings. The van der Waals surface area contributed by atoms with Crippen molar-refractivity contribution in [1.82, 2.24) is 0 Å². The van der Waals surface area contributed by atoms with Crippen LogP contribution in [0.3, 0.4) is 0 Å². The number of anilines is 1. The largest absolute Gasteiger partial charge is 0.462 e. The monoisotopic (exact) mass is 389 g/mol. The van der Waals surface area contributed by atoms with Gasteiger partial charge in [0.15, 0.2) is 0 Å². The van der Waals surface area contributed by atoms with Crippen LogP contribution in [0.15, 0.2) is 36.4 Å². The van der Waals surface area contributed by atoms with Crippen molar-refractivity contribution in [2.24, 2.45) is 0 Å². The average Bonchev–Trinajstić information content (AvgIpc) is 2.56. The summed E-state index contributed by atoms with van der Waals surface area (Å²) in [6.45, 7) is 1.78. The van der Waals surface area contributed by atoms with Crippen molar-refractivity contribution in [2.45, 2.75) is 13.1 Å². The lowest BCUT2D eigenvalue weighted by atomic mass is 10.1. The van der Waals surface area contributed by atoms with Crippen molar-refractivity contribution in [3.8, 4) is 0 Å². The Bertz CT molecular complexity index is 852. The van der Waals surface area contributed by atoms with Crippen molar-refractivity contribution < 1.29 is 31.9 Å². The second-order valence-electron chi connectivity index (χ2n) is 5.06. The Morgan fingerprint density at radius 2 is 1.85 bits per heavy atom. The molecule has 1 N–H and O–H groups in total. The summed E-state index contributed by atoms with van der Waals surface area (Å²) in [6, 6.07) is 5.29. The molecular weight excluding hydrogens is 378 g/mol. The number of ether oxygens (including phenoxy) is 1.